The highest BCUT2D eigenvalue weighted by Crippen LogP contribution is 2.64. The number of hydrogen-bond donors (Lipinski definition) is 1. The maximum atomic E-state index is 13.9. The summed E-state index contributed by atoms with van der Waals surface area (Å²) in [5, 5.41) is 3.55. The summed E-state index contributed by atoms with van der Waals surface area (Å²) < 4.78 is 13.9. The van der Waals surface area contributed by atoms with Crippen molar-refractivity contribution in [3.8, 4) is 0 Å². The van der Waals surface area contributed by atoms with Crippen LogP contribution in [0.1, 0.15) is 154 Å². The Morgan fingerprint density at radius 3 is 1.70 bits per heavy atom. The molecule has 0 amide bonds. The molecule has 2 fully saturated rings. The van der Waals surface area contributed by atoms with Crippen LogP contribution < -0.4 is 5.32 Å². The predicted molar refractivity (Wildman–Crippen MR) is 210 cm³/mol. The predicted octanol–water partition coefficient (Wildman–Crippen LogP) is 14.4. The zero-order valence-electron chi connectivity index (χ0n) is 33.3. The Balaban J connectivity index is 0. The third-order valence-electron chi connectivity index (χ3n) is 10.5. The molecule has 1 nitrogen and oxygen atoms in total. The molecule has 0 radical (unpaired) electrons. The van der Waals surface area contributed by atoms with Gasteiger partial charge in [-0.3, -0.25) is 0 Å². The number of allylic oxidation sites excluding steroid dienone is 5. The maximum Gasteiger partial charge on any atom is 0.108 e. The maximum absolute atomic E-state index is 13.9. The molecule has 0 spiro atoms. The molecule has 0 aromatic carbocycles. The van der Waals surface area contributed by atoms with Crippen molar-refractivity contribution in [3.63, 3.8) is 0 Å². The van der Waals surface area contributed by atoms with Crippen molar-refractivity contribution in [2.24, 2.45) is 40.9 Å². The molecular weight excluding hydrogens is 561 g/mol. The first-order valence-electron chi connectivity index (χ1n) is 18.5. The molecule has 2 rings (SSSR count). The van der Waals surface area contributed by atoms with E-state index in [2.05, 4.69) is 121 Å². The third-order valence-corrected chi connectivity index (χ3v) is 10.5. The average molecular weight is 642 g/mol. The van der Waals surface area contributed by atoms with Crippen molar-refractivity contribution in [2.45, 2.75) is 166 Å². The molecule has 2 saturated carbocycles. The molecule has 0 aliphatic heterocycles. The summed E-state index contributed by atoms with van der Waals surface area (Å²) in [6.45, 7) is 51.9. The first-order chi connectivity index (χ1) is 21.1. The second-order valence-corrected chi connectivity index (χ2v) is 15.9. The Bertz CT molecular complexity index is 937. The molecule has 5 unspecified atom stereocenters. The lowest BCUT2D eigenvalue weighted by Crippen LogP contribution is -2.40. The zero-order valence-corrected chi connectivity index (χ0v) is 33.3. The van der Waals surface area contributed by atoms with Gasteiger partial charge in [0.15, 0.2) is 0 Å². The Hall–Kier alpha value is -1.83. The van der Waals surface area contributed by atoms with E-state index in [1.54, 1.807) is 6.92 Å². The van der Waals surface area contributed by atoms with Crippen molar-refractivity contribution in [3.05, 3.63) is 73.5 Å². The molecule has 0 aromatic rings. The highest BCUT2D eigenvalue weighted by molar-refractivity contribution is 5.24. The minimum Gasteiger partial charge on any atom is -0.382 e. The van der Waals surface area contributed by atoms with Gasteiger partial charge in [-0.2, -0.15) is 0 Å². The van der Waals surface area contributed by atoms with E-state index >= 15 is 0 Å². The largest absolute Gasteiger partial charge is 0.382 e. The van der Waals surface area contributed by atoms with E-state index in [0.29, 0.717) is 41.9 Å². The average Bonchev–Trinajstić information content (AvgIpc) is 3.54. The summed E-state index contributed by atoms with van der Waals surface area (Å²) in [6, 6.07) is 0.255. The highest BCUT2D eigenvalue weighted by atomic mass is 19.1. The number of hydrogen-bond acceptors (Lipinski definition) is 1. The minimum absolute atomic E-state index is 0.255. The van der Waals surface area contributed by atoms with Crippen molar-refractivity contribution >= 4 is 0 Å². The molecule has 2 heteroatoms. The quantitative estimate of drug-likeness (QED) is 0.139. The van der Waals surface area contributed by atoms with Crippen molar-refractivity contribution in [1.82, 2.24) is 5.32 Å². The molecule has 1 N–H and O–H groups in total. The van der Waals surface area contributed by atoms with Gasteiger partial charge in [0.1, 0.15) is 5.67 Å². The SMILES string of the molecule is C=C(C)C(=C)C(C)CCC.C=C(C)C(C)C1C(CC)C1(C)C.C=C(CCC(C)C)NC(C(=C)C)C1CCC(C)(F)CC1.C=CCC. The fourth-order valence-corrected chi connectivity index (χ4v) is 6.87. The van der Waals surface area contributed by atoms with Gasteiger partial charge >= 0.3 is 0 Å². The van der Waals surface area contributed by atoms with Crippen LogP contribution in [0, 0.1) is 40.9 Å². The number of halogens is 1. The van der Waals surface area contributed by atoms with E-state index in [9.17, 15) is 4.39 Å². The summed E-state index contributed by atoms with van der Waals surface area (Å²) in [4.78, 5) is 0. The van der Waals surface area contributed by atoms with Crippen molar-refractivity contribution in [2.75, 3.05) is 0 Å². The standard InChI is InChI=1S/C18H32FN.C12H22.C10H18.C4H8/c1-13(2)7-8-15(5)20-17(14(3)4)16-9-11-18(6,19)12-10-16;1-7-10-11(12(10,5)6)9(4)8(2)3;1-6-7-9(4)10(5)8(2)3;1-3-4-2/h13,16-17,20H,3,5,7-12H2,1-2,4,6H3;9-11H,2,7H2,1,3-6H3;9H,2,5-7H2,1,3-4H3;3H,1,4H2,2H3. The lowest BCUT2D eigenvalue weighted by molar-refractivity contribution is 0.0957. The monoisotopic (exact) mass is 642 g/mol. The summed E-state index contributed by atoms with van der Waals surface area (Å²) in [5.41, 5.74) is 5.54. The fraction of sp³-hybridized carbons (Fsp3) is 0.727. The Kier molecular flexibility index (Phi) is 22.8. The molecule has 0 saturated heterocycles. The van der Waals surface area contributed by atoms with Gasteiger partial charge in [-0.05, 0) is 120 Å². The lowest BCUT2D eigenvalue weighted by Gasteiger charge is -2.37. The van der Waals surface area contributed by atoms with E-state index in [1.807, 2.05) is 13.0 Å². The molecular formula is C44H80FN. The van der Waals surface area contributed by atoms with Crippen LogP contribution in [-0.4, -0.2) is 11.7 Å². The van der Waals surface area contributed by atoms with Gasteiger partial charge in [0, 0.05) is 11.7 Å². The summed E-state index contributed by atoms with van der Waals surface area (Å²) in [5.74, 6) is 4.34. The van der Waals surface area contributed by atoms with Crippen molar-refractivity contribution < 1.29 is 4.39 Å². The highest BCUT2D eigenvalue weighted by Gasteiger charge is 2.58. The number of alkyl halides is 1. The summed E-state index contributed by atoms with van der Waals surface area (Å²) in [7, 11) is 0. The molecule has 2 aliphatic rings. The van der Waals surface area contributed by atoms with Crippen molar-refractivity contribution in [1.29, 1.82) is 0 Å². The van der Waals surface area contributed by atoms with Gasteiger partial charge < -0.3 is 5.32 Å². The van der Waals surface area contributed by atoms with Gasteiger partial charge in [0.05, 0.1) is 0 Å². The van der Waals surface area contributed by atoms with E-state index in [-0.39, 0.29) is 6.04 Å². The van der Waals surface area contributed by atoms with E-state index in [4.69, 9.17) is 0 Å². The van der Waals surface area contributed by atoms with Gasteiger partial charge in [0.25, 0.3) is 0 Å². The van der Waals surface area contributed by atoms with Crippen LogP contribution in [0.15, 0.2) is 73.5 Å². The van der Waals surface area contributed by atoms with Crippen LogP contribution in [0.5, 0.6) is 0 Å². The fourth-order valence-electron chi connectivity index (χ4n) is 6.87. The van der Waals surface area contributed by atoms with Crippen LogP contribution in [0.2, 0.25) is 0 Å². The van der Waals surface area contributed by atoms with Crippen LogP contribution in [-0.2, 0) is 0 Å². The second-order valence-electron chi connectivity index (χ2n) is 15.9. The van der Waals surface area contributed by atoms with Gasteiger partial charge in [-0.25, -0.2) is 4.39 Å². The van der Waals surface area contributed by atoms with E-state index < -0.39 is 5.67 Å². The van der Waals surface area contributed by atoms with Crippen LogP contribution in [0.4, 0.5) is 4.39 Å². The van der Waals surface area contributed by atoms with Crippen LogP contribution in [0.25, 0.3) is 0 Å². The van der Waals surface area contributed by atoms with Crippen LogP contribution >= 0.6 is 0 Å². The molecule has 268 valence electrons. The molecule has 5 atom stereocenters. The summed E-state index contributed by atoms with van der Waals surface area (Å²) >= 11 is 0. The zero-order chi connectivity index (χ0) is 36.4. The van der Waals surface area contributed by atoms with Gasteiger partial charge in [0.2, 0.25) is 0 Å². The first kappa shape index (κ1) is 46.3. The normalized spacial score (nSPS) is 24.5. The number of nitrogens with one attached hydrogen (secondary N) is 1. The van der Waals surface area contributed by atoms with Crippen LogP contribution in [0.3, 0.4) is 0 Å². The molecule has 46 heavy (non-hydrogen) atoms. The van der Waals surface area contributed by atoms with Gasteiger partial charge in [-0.1, -0.05) is 136 Å². The lowest BCUT2D eigenvalue weighted by atomic mass is 9.76. The minimum atomic E-state index is -0.967. The smallest absolute Gasteiger partial charge is 0.108 e. The Labute approximate surface area is 289 Å². The summed E-state index contributed by atoms with van der Waals surface area (Å²) in [6.07, 6.45) is 12.1. The molecule has 0 heterocycles. The second kappa shape index (κ2) is 22.7. The molecule has 0 aromatic heterocycles. The van der Waals surface area contributed by atoms with E-state index in [1.165, 1.54) is 30.4 Å². The van der Waals surface area contributed by atoms with E-state index in [0.717, 1.165) is 60.8 Å². The number of rotatable bonds is 15. The molecule has 0 bridgehead atoms. The topological polar surface area (TPSA) is 12.0 Å². The Morgan fingerprint density at radius 1 is 0.870 bits per heavy atom. The first-order valence-corrected chi connectivity index (χ1v) is 18.5. The third kappa shape index (κ3) is 17.9. The Morgan fingerprint density at radius 2 is 1.37 bits per heavy atom. The molecule has 2 aliphatic carbocycles. The van der Waals surface area contributed by atoms with Gasteiger partial charge in [-0.15, -0.1) is 6.58 Å².